The lowest BCUT2D eigenvalue weighted by atomic mass is 9.80. The number of hydrogen-bond donors (Lipinski definition) is 3. The summed E-state index contributed by atoms with van der Waals surface area (Å²) in [6, 6.07) is 13.7. The Morgan fingerprint density at radius 1 is 1.04 bits per heavy atom. The van der Waals surface area contributed by atoms with Crippen molar-refractivity contribution in [1.82, 2.24) is 19.5 Å². The van der Waals surface area contributed by atoms with E-state index in [9.17, 15) is 27.0 Å². The molecule has 2 atom stereocenters. The fraction of sp³-hybridized carbons (Fsp3) is 0.425. The third kappa shape index (κ3) is 10.3. The van der Waals surface area contributed by atoms with Gasteiger partial charge >= 0.3 is 12.3 Å². The Labute approximate surface area is 326 Å². The molecule has 0 saturated heterocycles. The summed E-state index contributed by atoms with van der Waals surface area (Å²) in [5.41, 5.74) is -2.31. The van der Waals surface area contributed by atoms with Crippen LogP contribution >= 0.6 is 0 Å². The van der Waals surface area contributed by atoms with Gasteiger partial charge in [0.1, 0.15) is 11.5 Å². The predicted octanol–water partition coefficient (Wildman–Crippen LogP) is 9.29. The van der Waals surface area contributed by atoms with Crippen LogP contribution in [0.2, 0.25) is 0 Å². The topological polar surface area (TPSA) is 142 Å². The number of benzene rings is 2. The van der Waals surface area contributed by atoms with Gasteiger partial charge in [-0.25, -0.2) is 27.7 Å². The molecule has 2 amide bonds. The van der Waals surface area contributed by atoms with Crippen molar-refractivity contribution in [3.8, 4) is 5.69 Å². The Morgan fingerprint density at radius 3 is 2.45 bits per heavy atom. The van der Waals surface area contributed by atoms with Crippen molar-refractivity contribution in [2.75, 3.05) is 16.8 Å². The number of halogens is 4. The molecule has 16 heteroatoms. The highest BCUT2D eigenvalue weighted by Crippen LogP contribution is 2.42. The van der Waals surface area contributed by atoms with E-state index in [1.807, 2.05) is 33.8 Å². The van der Waals surface area contributed by atoms with Gasteiger partial charge in [-0.05, 0) is 93.5 Å². The van der Waals surface area contributed by atoms with Crippen molar-refractivity contribution in [3.05, 3.63) is 101 Å². The van der Waals surface area contributed by atoms with Gasteiger partial charge in [-0.2, -0.15) is 18.3 Å². The zero-order valence-electron chi connectivity index (χ0n) is 31.8. The van der Waals surface area contributed by atoms with E-state index in [1.54, 1.807) is 18.5 Å². The average molecular weight is 798 g/mol. The Balaban J connectivity index is 1.52. The highest BCUT2D eigenvalue weighted by atomic mass is 32.2. The van der Waals surface area contributed by atoms with Crippen molar-refractivity contribution in [3.63, 3.8) is 0 Å². The summed E-state index contributed by atoms with van der Waals surface area (Å²) in [7, 11) is -1.62. The van der Waals surface area contributed by atoms with Crippen molar-refractivity contribution in [2.45, 2.75) is 95.5 Å². The molecule has 300 valence electrons. The third-order valence-corrected chi connectivity index (χ3v) is 11.1. The summed E-state index contributed by atoms with van der Waals surface area (Å²) in [5, 5.41) is 14.0. The molecule has 2 heterocycles. The molecule has 1 saturated carbocycles. The van der Waals surface area contributed by atoms with Crippen LogP contribution in [0.15, 0.2) is 73.1 Å². The van der Waals surface area contributed by atoms with E-state index in [0.717, 1.165) is 54.2 Å². The minimum Gasteiger partial charge on any atom is -0.449 e. The summed E-state index contributed by atoms with van der Waals surface area (Å²) in [6.45, 7) is 7.62. The summed E-state index contributed by atoms with van der Waals surface area (Å²) in [4.78, 5) is 31.9. The minimum absolute atomic E-state index is 0.0514. The van der Waals surface area contributed by atoms with Crippen molar-refractivity contribution < 1.29 is 36.1 Å². The zero-order chi connectivity index (χ0) is 40.7. The second kappa shape index (κ2) is 17.9. The van der Waals surface area contributed by atoms with Crippen LogP contribution in [0.3, 0.4) is 0 Å². The highest BCUT2D eigenvalue weighted by Gasteiger charge is 2.41. The summed E-state index contributed by atoms with van der Waals surface area (Å²) < 4.78 is 80.3. The molecule has 4 aromatic rings. The Kier molecular flexibility index (Phi) is 13.5. The van der Waals surface area contributed by atoms with Crippen LogP contribution in [0.25, 0.3) is 5.69 Å². The van der Waals surface area contributed by atoms with E-state index in [2.05, 4.69) is 20.1 Å². The van der Waals surface area contributed by atoms with Crippen LogP contribution in [0.1, 0.15) is 106 Å². The first-order valence-electron chi connectivity index (χ1n) is 18.5. The zero-order valence-corrected chi connectivity index (χ0v) is 32.6. The lowest BCUT2D eigenvalue weighted by molar-refractivity contribution is -0.141. The maximum absolute atomic E-state index is 15.7. The molecule has 0 aliphatic heterocycles. The maximum atomic E-state index is 15.7. The second-order valence-corrected chi connectivity index (χ2v) is 16.7. The first-order chi connectivity index (χ1) is 26.6. The van der Waals surface area contributed by atoms with Crippen LogP contribution in [-0.4, -0.2) is 48.7 Å². The molecule has 0 radical (unpaired) electrons. The number of aromatic nitrogens is 3. The van der Waals surface area contributed by atoms with Crippen molar-refractivity contribution in [1.29, 1.82) is 5.41 Å². The number of pyridine rings is 1. The number of nitrogens with zero attached hydrogens (tertiary/aromatic N) is 4. The number of anilines is 2. The fourth-order valence-corrected chi connectivity index (χ4v) is 7.05. The molecule has 1 fully saturated rings. The first kappa shape index (κ1) is 42.2. The molecular weight excluding hydrogens is 751 g/mol. The molecule has 2 aromatic carbocycles. The SMILES string of the molecule is CCCCCCOC(=O)N(C=N)c1cccc(-n2nc(C(F)(F)F)cc2C(=O)Nc2cc(C(CCC3CC3)(N[S@](=O)C(C)(C)C)c3cccnc3)ccc2F)c1. The highest BCUT2D eigenvalue weighted by molar-refractivity contribution is 7.84. The molecule has 0 bridgehead atoms. The minimum atomic E-state index is -4.95. The van der Waals surface area contributed by atoms with Crippen LogP contribution in [0.4, 0.5) is 33.7 Å². The van der Waals surface area contributed by atoms with Gasteiger partial charge in [0, 0.05) is 18.5 Å². The van der Waals surface area contributed by atoms with Gasteiger partial charge in [-0.1, -0.05) is 57.2 Å². The van der Waals surface area contributed by atoms with Crippen LogP contribution < -0.4 is 14.9 Å². The van der Waals surface area contributed by atoms with Crippen LogP contribution in [-0.2, 0) is 27.4 Å². The molecular formula is C40H47F4N7O4S. The molecule has 3 N–H and O–H groups in total. The first-order valence-corrected chi connectivity index (χ1v) is 19.7. The number of unbranched alkanes of at least 4 members (excludes halogenated alkanes) is 3. The largest absolute Gasteiger partial charge is 0.449 e. The van der Waals surface area contributed by atoms with Crippen molar-refractivity contribution >= 4 is 40.7 Å². The van der Waals surface area contributed by atoms with Gasteiger partial charge in [0.25, 0.3) is 5.91 Å². The van der Waals surface area contributed by atoms with Crippen molar-refractivity contribution in [2.24, 2.45) is 5.92 Å². The van der Waals surface area contributed by atoms with Gasteiger partial charge in [-0.3, -0.25) is 15.2 Å². The molecule has 0 spiro atoms. The number of nitrogens with one attached hydrogen (secondary N) is 3. The van der Waals surface area contributed by atoms with E-state index < -0.39 is 56.7 Å². The standard InChI is InChI=1S/C40H47F4N7O4S/c1-5-6-7-8-21-55-37(53)50(26-45)30-12-9-13-31(23-30)51-34(24-35(48-51)40(42,43)44)36(52)47-33-22-28(16-17-32(33)41)39(19-18-27-14-15-27,29-11-10-20-46-25-29)49-56(54)38(2,3)4/h9-13,16-17,20,22-27,45,49H,5-8,14-15,18-19,21H2,1-4H3,(H,47,52)/t39?,56-/m1/s1. The Morgan fingerprint density at radius 2 is 1.80 bits per heavy atom. The monoisotopic (exact) mass is 797 g/mol. The normalized spacial score (nSPS) is 14.8. The third-order valence-electron chi connectivity index (χ3n) is 9.44. The maximum Gasteiger partial charge on any atom is 0.435 e. The van der Waals surface area contributed by atoms with E-state index in [0.29, 0.717) is 42.3 Å². The lowest BCUT2D eigenvalue weighted by Crippen LogP contribution is -2.49. The quantitative estimate of drug-likeness (QED) is 0.0421. The number of carbonyl (C=O) groups excluding carboxylic acids is 2. The smallest absolute Gasteiger partial charge is 0.435 e. The van der Waals surface area contributed by atoms with Gasteiger partial charge in [0.15, 0.2) is 5.69 Å². The van der Waals surface area contributed by atoms with E-state index in [-0.39, 0.29) is 23.7 Å². The predicted molar refractivity (Wildman–Crippen MR) is 208 cm³/mol. The van der Waals surface area contributed by atoms with E-state index in [4.69, 9.17) is 10.1 Å². The molecule has 1 aliphatic rings. The number of amides is 2. The second-order valence-electron chi connectivity index (χ2n) is 14.8. The van der Waals surface area contributed by atoms with E-state index in [1.165, 1.54) is 36.4 Å². The van der Waals surface area contributed by atoms with E-state index >= 15 is 4.39 Å². The average Bonchev–Trinajstić information content (AvgIpc) is 3.88. The molecule has 11 nitrogen and oxygen atoms in total. The summed E-state index contributed by atoms with van der Waals surface area (Å²) in [6.07, 6.45) is 4.89. The number of alkyl halides is 3. The summed E-state index contributed by atoms with van der Waals surface area (Å²) >= 11 is 0. The molecule has 5 rings (SSSR count). The van der Waals surface area contributed by atoms with Gasteiger partial charge in [-0.15, -0.1) is 0 Å². The van der Waals surface area contributed by atoms with Gasteiger partial charge in [0.2, 0.25) is 0 Å². The number of rotatable bonds is 17. The molecule has 1 unspecified atom stereocenters. The number of hydrogen-bond acceptors (Lipinski definition) is 7. The Bertz CT molecular complexity index is 2030. The van der Waals surface area contributed by atoms with Crippen LogP contribution in [0, 0.1) is 17.1 Å². The lowest BCUT2D eigenvalue weighted by Gasteiger charge is -2.38. The number of carbonyl (C=O) groups is 2. The fourth-order valence-electron chi connectivity index (χ4n) is 6.09. The van der Waals surface area contributed by atoms with Gasteiger partial charge < -0.3 is 10.1 Å². The number of ether oxygens (including phenoxy) is 1. The molecule has 1 aliphatic carbocycles. The summed E-state index contributed by atoms with van der Waals surface area (Å²) in [5.74, 6) is -1.51. The van der Waals surface area contributed by atoms with Crippen LogP contribution in [0.5, 0.6) is 0 Å². The van der Waals surface area contributed by atoms with Gasteiger partial charge in [0.05, 0.1) is 51.3 Å². The molecule has 2 aromatic heterocycles. The Hall–Kier alpha value is -4.96. The molecule has 56 heavy (non-hydrogen) atoms.